The van der Waals surface area contributed by atoms with Gasteiger partial charge in [-0.05, 0) is 49.1 Å². The molecular weight excluding hydrogens is 302 g/mol. The first-order valence-corrected chi connectivity index (χ1v) is 8.09. The van der Waals surface area contributed by atoms with Gasteiger partial charge in [0.05, 0.1) is 0 Å². The van der Waals surface area contributed by atoms with Gasteiger partial charge in [-0.1, -0.05) is 59.7 Å². The lowest BCUT2D eigenvalue weighted by Crippen LogP contribution is -2.00. The van der Waals surface area contributed by atoms with Gasteiger partial charge < -0.3 is 0 Å². The SMILES string of the molecule is Cc1ccc(Cc2cc(F)c(Cc3ccc(C)cc3)c(F)c2)cc1. The van der Waals surface area contributed by atoms with Crippen LogP contribution >= 0.6 is 0 Å². The lowest BCUT2D eigenvalue weighted by atomic mass is 9.98. The molecule has 0 aromatic heterocycles. The van der Waals surface area contributed by atoms with E-state index in [0.29, 0.717) is 12.0 Å². The van der Waals surface area contributed by atoms with Gasteiger partial charge in [-0.15, -0.1) is 0 Å². The van der Waals surface area contributed by atoms with Gasteiger partial charge in [0.2, 0.25) is 0 Å². The van der Waals surface area contributed by atoms with Gasteiger partial charge in [0.15, 0.2) is 0 Å². The average Bonchev–Trinajstić information content (AvgIpc) is 2.55. The molecule has 122 valence electrons. The van der Waals surface area contributed by atoms with E-state index in [-0.39, 0.29) is 12.0 Å². The van der Waals surface area contributed by atoms with E-state index < -0.39 is 11.6 Å². The van der Waals surface area contributed by atoms with Crippen LogP contribution in [-0.2, 0) is 12.8 Å². The summed E-state index contributed by atoms with van der Waals surface area (Å²) >= 11 is 0. The molecule has 0 aliphatic heterocycles. The van der Waals surface area contributed by atoms with Crippen molar-refractivity contribution in [3.8, 4) is 0 Å². The highest BCUT2D eigenvalue weighted by Crippen LogP contribution is 2.21. The van der Waals surface area contributed by atoms with Gasteiger partial charge in [0.1, 0.15) is 11.6 Å². The second kappa shape index (κ2) is 6.96. The molecular formula is C22H20F2. The molecule has 0 N–H and O–H groups in total. The Labute approximate surface area is 141 Å². The van der Waals surface area contributed by atoms with Gasteiger partial charge >= 0.3 is 0 Å². The van der Waals surface area contributed by atoms with Crippen molar-refractivity contribution in [2.75, 3.05) is 0 Å². The standard InChI is InChI=1S/C22H20F2/c1-15-3-7-17(8-4-15)11-19-13-21(23)20(22(24)14-19)12-18-9-5-16(2)6-10-18/h3-10,13-14H,11-12H2,1-2H3. The monoisotopic (exact) mass is 322 g/mol. The van der Waals surface area contributed by atoms with E-state index in [4.69, 9.17) is 0 Å². The molecule has 3 rings (SSSR count). The van der Waals surface area contributed by atoms with Crippen LogP contribution < -0.4 is 0 Å². The van der Waals surface area contributed by atoms with Crippen LogP contribution in [0.4, 0.5) is 8.78 Å². The molecule has 0 heterocycles. The number of hydrogen-bond acceptors (Lipinski definition) is 0. The molecule has 2 heteroatoms. The summed E-state index contributed by atoms with van der Waals surface area (Å²) < 4.78 is 28.8. The van der Waals surface area contributed by atoms with Gasteiger partial charge in [-0.2, -0.15) is 0 Å². The van der Waals surface area contributed by atoms with Crippen molar-refractivity contribution in [2.45, 2.75) is 26.7 Å². The normalized spacial score (nSPS) is 10.8. The minimum atomic E-state index is -0.474. The summed E-state index contributed by atoms with van der Waals surface area (Å²) in [5.74, 6) is -0.949. The maximum absolute atomic E-state index is 14.4. The zero-order valence-electron chi connectivity index (χ0n) is 13.9. The minimum absolute atomic E-state index is 0.131. The number of halogens is 2. The predicted octanol–water partition coefficient (Wildman–Crippen LogP) is 5.76. The fourth-order valence-corrected chi connectivity index (χ4v) is 2.78. The molecule has 3 aromatic carbocycles. The number of hydrogen-bond donors (Lipinski definition) is 0. The maximum atomic E-state index is 14.4. The van der Waals surface area contributed by atoms with Crippen LogP contribution in [0.2, 0.25) is 0 Å². The molecule has 3 aromatic rings. The molecule has 0 aliphatic rings. The zero-order chi connectivity index (χ0) is 17.1. The summed E-state index contributed by atoms with van der Waals surface area (Å²) in [4.78, 5) is 0. The molecule has 0 spiro atoms. The van der Waals surface area contributed by atoms with Crippen LogP contribution in [-0.4, -0.2) is 0 Å². The van der Waals surface area contributed by atoms with Gasteiger partial charge in [-0.25, -0.2) is 8.78 Å². The molecule has 0 saturated heterocycles. The summed E-state index contributed by atoms with van der Waals surface area (Å²) in [5.41, 5.74) is 5.04. The van der Waals surface area contributed by atoms with E-state index in [2.05, 4.69) is 0 Å². The van der Waals surface area contributed by atoms with Crippen molar-refractivity contribution >= 4 is 0 Å². The molecule has 0 radical (unpaired) electrons. The van der Waals surface area contributed by atoms with E-state index in [0.717, 1.165) is 16.7 Å². The first-order valence-electron chi connectivity index (χ1n) is 8.09. The van der Waals surface area contributed by atoms with Crippen LogP contribution in [0.1, 0.15) is 33.4 Å². The van der Waals surface area contributed by atoms with Gasteiger partial charge in [-0.3, -0.25) is 0 Å². The maximum Gasteiger partial charge on any atom is 0.129 e. The second-order valence-electron chi connectivity index (χ2n) is 6.36. The molecule has 0 unspecified atom stereocenters. The summed E-state index contributed by atoms with van der Waals surface area (Å²) in [6.45, 7) is 4.01. The van der Waals surface area contributed by atoms with Crippen LogP contribution in [0.15, 0.2) is 60.7 Å². The van der Waals surface area contributed by atoms with Gasteiger partial charge in [0.25, 0.3) is 0 Å². The Morgan fingerprint density at radius 3 is 1.46 bits per heavy atom. The van der Waals surface area contributed by atoms with E-state index in [9.17, 15) is 8.78 Å². The summed E-state index contributed by atoms with van der Waals surface area (Å²) in [6, 6.07) is 18.6. The topological polar surface area (TPSA) is 0 Å². The Hall–Kier alpha value is -2.48. The van der Waals surface area contributed by atoms with Crippen molar-refractivity contribution in [3.05, 3.63) is 106 Å². The number of rotatable bonds is 4. The highest BCUT2D eigenvalue weighted by molar-refractivity contribution is 5.35. The molecule has 0 saturated carbocycles. The van der Waals surface area contributed by atoms with Crippen molar-refractivity contribution < 1.29 is 8.78 Å². The molecule has 0 fully saturated rings. The number of aryl methyl sites for hydroxylation is 2. The summed E-state index contributed by atoms with van der Waals surface area (Å²) in [5, 5.41) is 0. The minimum Gasteiger partial charge on any atom is -0.207 e. The van der Waals surface area contributed by atoms with Crippen molar-refractivity contribution in [3.63, 3.8) is 0 Å². The van der Waals surface area contributed by atoms with Crippen LogP contribution in [0.3, 0.4) is 0 Å². The molecule has 0 aliphatic carbocycles. The van der Waals surface area contributed by atoms with Crippen molar-refractivity contribution in [1.29, 1.82) is 0 Å². The van der Waals surface area contributed by atoms with Crippen LogP contribution in [0.5, 0.6) is 0 Å². The molecule has 0 amide bonds. The van der Waals surface area contributed by atoms with Gasteiger partial charge in [0, 0.05) is 12.0 Å². The predicted molar refractivity (Wildman–Crippen MR) is 94.3 cm³/mol. The molecule has 24 heavy (non-hydrogen) atoms. The fourth-order valence-electron chi connectivity index (χ4n) is 2.78. The Morgan fingerprint density at radius 1 is 0.583 bits per heavy atom. The highest BCUT2D eigenvalue weighted by Gasteiger charge is 2.12. The average molecular weight is 322 g/mol. The van der Waals surface area contributed by atoms with Crippen molar-refractivity contribution in [1.82, 2.24) is 0 Å². The zero-order valence-corrected chi connectivity index (χ0v) is 13.9. The van der Waals surface area contributed by atoms with E-state index in [1.807, 2.05) is 62.4 Å². The lowest BCUT2D eigenvalue weighted by Gasteiger charge is -2.09. The highest BCUT2D eigenvalue weighted by atomic mass is 19.1. The van der Waals surface area contributed by atoms with E-state index in [1.54, 1.807) is 0 Å². The second-order valence-corrected chi connectivity index (χ2v) is 6.36. The third-order valence-electron chi connectivity index (χ3n) is 4.23. The Bertz CT molecular complexity index is 808. The molecule has 0 bridgehead atoms. The Kier molecular flexibility index (Phi) is 4.75. The first-order chi connectivity index (χ1) is 11.5. The molecule has 0 nitrogen and oxygen atoms in total. The molecule has 0 atom stereocenters. The lowest BCUT2D eigenvalue weighted by molar-refractivity contribution is 0.558. The van der Waals surface area contributed by atoms with Crippen molar-refractivity contribution in [2.24, 2.45) is 0 Å². The largest absolute Gasteiger partial charge is 0.207 e. The third-order valence-corrected chi connectivity index (χ3v) is 4.23. The number of benzene rings is 3. The first kappa shape index (κ1) is 16.4. The summed E-state index contributed by atoms with van der Waals surface area (Å²) in [7, 11) is 0. The van der Waals surface area contributed by atoms with Crippen LogP contribution in [0.25, 0.3) is 0 Å². The Balaban J connectivity index is 1.82. The third kappa shape index (κ3) is 3.88. The smallest absolute Gasteiger partial charge is 0.129 e. The van der Waals surface area contributed by atoms with E-state index in [1.165, 1.54) is 17.7 Å². The Morgan fingerprint density at radius 2 is 1.00 bits per heavy atom. The summed E-state index contributed by atoms with van der Waals surface area (Å²) in [6.07, 6.45) is 0.793. The fraction of sp³-hybridized carbons (Fsp3) is 0.182. The quantitative estimate of drug-likeness (QED) is 0.572. The van der Waals surface area contributed by atoms with Crippen LogP contribution in [0, 0.1) is 25.5 Å². The van der Waals surface area contributed by atoms with E-state index >= 15 is 0 Å².